The van der Waals surface area contributed by atoms with Gasteiger partial charge in [-0.25, -0.2) is 0 Å². The lowest BCUT2D eigenvalue weighted by atomic mass is 10.3. The van der Waals surface area contributed by atoms with E-state index in [0.717, 1.165) is 12.8 Å². The summed E-state index contributed by atoms with van der Waals surface area (Å²) < 4.78 is 0. The van der Waals surface area contributed by atoms with E-state index in [2.05, 4.69) is 0 Å². The standard InChI is InChI=1S/C6H9ClO/c1-2-3-4-5-6(7)8/h4-5H,2-3H2,1H3. The summed E-state index contributed by atoms with van der Waals surface area (Å²) in [5.41, 5.74) is 0. The molecule has 0 aromatic rings. The van der Waals surface area contributed by atoms with Crippen molar-refractivity contribution in [3.05, 3.63) is 12.2 Å². The van der Waals surface area contributed by atoms with E-state index < -0.39 is 5.24 Å². The van der Waals surface area contributed by atoms with E-state index in [1.54, 1.807) is 6.08 Å². The summed E-state index contributed by atoms with van der Waals surface area (Å²) in [7, 11) is 0. The Balaban J connectivity index is 3.20. The van der Waals surface area contributed by atoms with Crippen molar-refractivity contribution in [2.45, 2.75) is 19.8 Å². The Morgan fingerprint density at radius 2 is 2.38 bits per heavy atom. The highest BCUT2D eigenvalue weighted by Gasteiger charge is 1.81. The highest BCUT2D eigenvalue weighted by Crippen LogP contribution is 1.89. The van der Waals surface area contributed by atoms with E-state index in [4.69, 9.17) is 11.6 Å². The largest absolute Gasteiger partial charge is 0.276 e. The van der Waals surface area contributed by atoms with Crippen molar-refractivity contribution in [3.8, 4) is 0 Å². The number of hydrogen-bond acceptors (Lipinski definition) is 1. The third-order valence-electron chi connectivity index (χ3n) is 0.704. The lowest BCUT2D eigenvalue weighted by Crippen LogP contribution is -1.73. The molecule has 0 fully saturated rings. The van der Waals surface area contributed by atoms with Crippen molar-refractivity contribution in [1.29, 1.82) is 0 Å². The highest BCUT2D eigenvalue weighted by molar-refractivity contribution is 6.66. The maximum absolute atomic E-state index is 10.00. The molecule has 0 aliphatic heterocycles. The summed E-state index contributed by atoms with van der Waals surface area (Å²) >= 11 is 4.99. The molecule has 8 heavy (non-hydrogen) atoms. The molecule has 0 atom stereocenters. The van der Waals surface area contributed by atoms with Crippen molar-refractivity contribution < 1.29 is 4.79 Å². The molecule has 0 N–H and O–H groups in total. The monoisotopic (exact) mass is 132 g/mol. The maximum Gasteiger partial charge on any atom is 0.244 e. The smallest absolute Gasteiger partial charge is 0.244 e. The summed E-state index contributed by atoms with van der Waals surface area (Å²) in [6, 6.07) is 0. The van der Waals surface area contributed by atoms with Crippen molar-refractivity contribution in [1.82, 2.24) is 0 Å². The lowest BCUT2D eigenvalue weighted by Gasteiger charge is -1.78. The van der Waals surface area contributed by atoms with Crippen molar-refractivity contribution in [2.24, 2.45) is 0 Å². The summed E-state index contributed by atoms with van der Waals surface area (Å²) in [6.45, 7) is 2.04. The van der Waals surface area contributed by atoms with E-state index in [-0.39, 0.29) is 0 Å². The Morgan fingerprint density at radius 1 is 1.75 bits per heavy atom. The maximum atomic E-state index is 10.00. The SMILES string of the molecule is CCCC=CC(=O)Cl. The van der Waals surface area contributed by atoms with Crippen LogP contribution in [-0.2, 0) is 4.79 Å². The minimum Gasteiger partial charge on any atom is -0.276 e. The Bertz CT molecular complexity index is 96.7. The fraction of sp³-hybridized carbons (Fsp3) is 0.500. The number of allylic oxidation sites excluding steroid dienone is 2. The molecule has 0 bridgehead atoms. The number of unbranched alkanes of at least 4 members (excludes halogenated alkanes) is 1. The first-order valence-electron chi connectivity index (χ1n) is 2.63. The van der Waals surface area contributed by atoms with Crippen molar-refractivity contribution in [2.75, 3.05) is 0 Å². The van der Waals surface area contributed by atoms with Gasteiger partial charge in [-0.3, -0.25) is 4.79 Å². The van der Waals surface area contributed by atoms with Crippen LogP contribution in [0, 0.1) is 0 Å². The molecule has 0 aromatic heterocycles. The van der Waals surface area contributed by atoms with Gasteiger partial charge in [0, 0.05) is 0 Å². The number of halogens is 1. The molecule has 0 aliphatic carbocycles. The second-order valence-electron chi connectivity index (χ2n) is 1.50. The summed E-state index contributed by atoms with van der Waals surface area (Å²) in [5.74, 6) is 0. The van der Waals surface area contributed by atoms with Crippen LogP contribution in [0.3, 0.4) is 0 Å². The quantitative estimate of drug-likeness (QED) is 0.425. The van der Waals surface area contributed by atoms with Gasteiger partial charge >= 0.3 is 0 Å². The zero-order valence-electron chi connectivity index (χ0n) is 4.86. The van der Waals surface area contributed by atoms with E-state index in [9.17, 15) is 4.79 Å². The number of rotatable bonds is 3. The lowest BCUT2D eigenvalue weighted by molar-refractivity contribution is -0.107. The average Bonchev–Trinajstić information content (AvgIpc) is 1.66. The highest BCUT2D eigenvalue weighted by atomic mass is 35.5. The fourth-order valence-electron chi connectivity index (χ4n) is 0.343. The average molecular weight is 133 g/mol. The molecule has 0 heterocycles. The Morgan fingerprint density at radius 3 is 2.75 bits per heavy atom. The molecule has 0 aliphatic rings. The molecule has 0 saturated heterocycles. The fourth-order valence-corrected chi connectivity index (χ4v) is 0.432. The predicted molar refractivity (Wildman–Crippen MR) is 34.9 cm³/mol. The van der Waals surface area contributed by atoms with Crippen LogP contribution in [0.15, 0.2) is 12.2 Å². The van der Waals surface area contributed by atoms with E-state index in [1.165, 1.54) is 6.08 Å². The van der Waals surface area contributed by atoms with Crippen LogP contribution in [0.1, 0.15) is 19.8 Å². The Labute approximate surface area is 54.3 Å². The summed E-state index contributed by atoms with van der Waals surface area (Å²) in [6.07, 6.45) is 5.14. The van der Waals surface area contributed by atoms with Gasteiger partial charge in [0.05, 0.1) is 0 Å². The molecule has 0 saturated carbocycles. The van der Waals surface area contributed by atoms with Crippen LogP contribution >= 0.6 is 11.6 Å². The molecule has 46 valence electrons. The van der Waals surface area contributed by atoms with E-state index >= 15 is 0 Å². The zero-order valence-corrected chi connectivity index (χ0v) is 5.61. The first kappa shape index (κ1) is 7.70. The van der Waals surface area contributed by atoms with Gasteiger partial charge < -0.3 is 0 Å². The van der Waals surface area contributed by atoms with Crippen LogP contribution in [0.5, 0.6) is 0 Å². The number of carbonyl (C=O) groups excluding carboxylic acids is 1. The zero-order chi connectivity index (χ0) is 6.41. The first-order valence-corrected chi connectivity index (χ1v) is 3.01. The van der Waals surface area contributed by atoms with E-state index in [1.807, 2.05) is 6.92 Å². The van der Waals surface area contributed by atoms with Gasteiger partial charge in [-0.2, -0.15) is 0 Å². The van der Waals surface area contributed by atoms with Gasteiger partial charge in [-0.15, -0.1) is 0 Å². The summed E-state index contributed by atoms with van der Waals surface area (Å²) in [5, 5.41) is -0.390. The molecule has 0 spiro atoms. The van der Waals surface area contributed by atoms with Crippen molar-refractivity contribution in [3.63, 3.8) is 0 Å². The van der Waals surface area contributed by atoms with Gasteiger partial charge in [-0.1, -0.05) is 19.4 Å². The molecule has 0 amide bonds. The van der Waals surface area contributed by atoms with Crippen LogP contribution in [0.2, 0.25) is 0 Å². The minimum absolute atomic E-state index is 0.390. The van der Waals surface area contributed by atoms with Crippen LogP contribution in [0.25, 0.3) is 0 Å². The second kappa shape index (κ2) is 4.85. The molecule has 0 radical (unpaired) electrons. The number of carbonyl (C=O) groups is 1. The third kappa shape index (κ3) is 5.70. The predicted octanol–water partition coefficient (Wildman–Crippen LogP) is 2.11. The first-order chi connectivity index (χ1) is 3.77. The van der Waals surface area contributed by atoms with Gasteiger partial charge in [-0.05, 0) is 24.1 Å². The van der Waals surface area contributed by atoms with Gasteiger partial charge in [0.25, 0.3) is 0 Å². The molecular weight excluding hydrogens is 124 g/mol. The second-order valence-corrected chi connectivity index (χ2v) is 1.87. The molecule has 0 aromatic carbocycles. The topological polar surface area (TPSA) is 17.1 Å². The Kier molecular flexibility index (Phi) is 4.67. The van der Waals surface area contributed by atoms with Crippen molar-refractivity contribution >= 4 is 16.8 Å². The third-order valence-corrected chi connectivity index (χ3v) is 0.830. The van der Waals surface area contributed by atoms with Crippen LogP contribution in [0.4, 0.5) is 0 Å². The molecular formula is C6H9ClO. The molecule has 1 nitrogen and oxygen atoms in total. The van der Waals surface area contributed by atoms with Gasteiger partial charge in [0.15, 0.2) is 0 Å². The Hall–Kier alpha value is -0.300. The number of hydrogen-bond donors (Lipinski definition) is 0. The molecule has 0 unspecified atom stereocenters. The van der Waals surface area contributed by atoms with Gasteiger partial charge in [0.1, 0.15) is 0 Å². The molecule has 2 heteroatoms. The minimum atomic E-state index is -0.390. The van der Waals surface area contributed by atoms with Crippen LogP contribution < -0.4 is 0 Å². The van der Waals surface area contributed by atoms with Gasteiger partial charge in [0.2, 0.25) is 5.24 Å². The van der Waals surface area contributed by atoms with Crippen LogP contribution in [-0.4, -0.2) is 5.24 Å². The molecule has 0 rings (SSSR count). The van der Waals surface area contributed by atoms with E-state index in [0.29, 0.717) is 0 Å². The normalized spacial score (nSPS) is 10.2. The summed E-state index contributed by atoms with van der Waals surface area (Å²) in [4.78, 5) is 10.00.